The number of likely N-dealkylation sites (N-methyl/N-ethyl adjacent to an activating group) is 1. The van der Waals surface area contributed by atoms with Gasteiger partial charge in [-0.3, -0.25) is 14.2 Å². The summed E-state index contributed by atoms with van der Waals surface area (Å²) in [6.07, 6.45) is 39.5. The van der Waals surface area contributed by atoms with Gasteiger partial charge in [-0.15, -0.1) is 0 Å². The van der Waals surface area contributed by atoms with Crippen LogP contribution in [0.25, 0.3) is 0 Å². The SMILES string of the molecule is CCCCCCC/C=C\CCCCCCCC(=O)O[C@H](COC(=O)CCCCCCCCCCCCCCCCCCC)COP(=O)([O-])OCC[N+](C)(C)C. The second-order valence-electron chi connectivity index (χ2n) is 16.8. The van der Waals surface area contributed by atoms with Crippen molar-refractivity contribution in [3.8, 4) is 0 Å². The molecule has 326 valence electrons. The minimum atomic E-state index is -4.62. The second-order valence-corrected chi connectivity index (χ2v) is 18.2. The van der Waals surface area contributed by atoms with E-state index < -0.39 is 26.5 Å². The number of hydrogen-bond donors (Lipinski definition) is 0. The van der Waals surface area contributed by atoms with Gasteiger partial charge in [0.05, 0.1) is 27.7 Å². The van der Waals surface area contributed by atoms with Crippen molar-refractivity contribution >= 4 is 19.8 Å². The third-order valence-corrected chi connectivity index (χ3v) is 11.0. The van der Waals surface area contributed by atoms with Gasteiger partial charge in [-0.2, -0.15) is 0 Å². The zero-order valence-electron chi connectivity index (χ0n) is 36.6. The van der Waals surface area contributed by atoms with E-state index in [4.69, 9.17) is 18.5 Å². The molecule has 0 aromatic heterocycles. The summed E-state index contributed by atoms with van der Waals surface area (Å²) in [5.74, 6) is -0.834. The highest BCUT2D eigenvalue weighted by Gasteiger charge is 2.21. The Morgan fingerprint density at radius 1 is 0.545 bits per heavy atom. The molecule has 0 saturated carbocycles. The first kappa shape index (κ1) is 53.8. The molecule has 0 fully saturated rings. The number of nitrogens with zero attached hydrogens (tertiary/aromatic N) is 1. The Labute approximate surface area is 339 Å². The molecular formula is C45H88NO8P. The summed E-state index contributed by atoms with van der Waals surface area (Å²) in [6.45, 7) is 4.24. The number of phosphoric ester groups is 1. The van der Waals surface area contributed by atoms with Crippen LogP contribution >= 0.6 is 7.82 Å². The summed E-state index contributed by atoms with van der Waals surface area (Å²) in [4.78, 5) is 37.5. The molecule has 0 N–H and O–H groups in total. The molecule has 55 heavy (non-hydrogen) atoms. The molecule has 0 heterocycles. The van der Waals surface area contributed by atoms with Gasteiger partial charge in [-0.1, -0.05) is 174 Å². The highest BCUT2D eigenvalue weighted by atomic mass is 31.2. The van der Waals surface area contributed by atoms with Crippen molar-refractivity contribution in [2.24, 2.45) is 0 Å². The smallest absolute Gasteiger partial charge is 0.306 e. The molecule has 10 heteroatoms. The van der Waals surface area contributed by atoms with Crippen LogP contribution in [0, 0.1) is 0 Å². The maximum Gasteiger partial charge on any atom is 0.306 e. The van der Waals surface area contributed by atoms with Crippen LogP contribution in [0.15, 0.2) is 12.2 Å². The Hall–Kier alpha value is -1.25. The third kappa shape index (κ3) is 42.2. The number of esters is 2. The maximum absolute atomic E-state index is 12.7. The Morgan fingerprint density at radius 2 is 0.927 bits per heavy atom. The van der Waals surface area contributed by atoms with Crippen LogP contribution in [0.1, 0.15) is 213 Å². The van der Waals surface area contributed by atoms with E-state index in [0.717, 1.165) is 51.4 Å². The van der Waals surface area contributed by atoms with E-state index >= 15 is 0 Å². The Morgan fingerprint density at radius 3 is 1.35 bits per heavy atom. The van der Waals surface area contributed by atoms with Crippen LogP contribution in [0.2, 0.25) is 0 Å². The minimum absolute atomic E-state index is 0.0293. The first-order valence-corrected chi connectivity index (χ1v) is 24.4. The lowest BCUT2D eigenvalue weighted by molar-refractivity contribution is -0.870. The molecular weight excluding hydrogens is 713 g/mol. The average Bonchev–Trinajstić information content (AvgIpc) is 3.13. The molecule has 0 rings (SSSR count). The molecule has 0 aliphatic carbocycles. The maximum atomic E-state index is 12.7. The number of carbonyl (C=O) groups excluding carboxylic acids is 2. The number of phosphoric acid groups is 1. The van der Waals surface area contributed by atoms with Crippen LogP contribution in [-0.4, -0.2) is 70.0 Å². The number of ether oxygens (including phenoxy) is 2. The zero-order chi connectivity index (χ0) is 40.7. The number of quaternary nitrogens is 1. The molecule has 0 amide bonds. The van der Waals surface area contributed by atoms with Gasteiger partial charge in [0.1, 0.15) is 19.8 Å². The first-order valence-electron chi connectivity index (χ1n) is 22.9. The Kier molecular flexibility index (Phi) is 37.4. The van der Waals surface area contributed by atoms with E-state index in [9.17, 15) is 19.0 Å². The van der Waals surface area contributed by atoms with Gasteiger partial charge in [0.15, 0.2) is 6.10 Å². The fraction of sp³-hybridized carbons (Fsp3) is 0.911. The second kappa shape index (κ2) is 38.3. The number of carbonyl (C=O) groups is 2. The van der Waals surface area contributed by atoms with E-state index in [1.54, 1.807) is 0 Å². The molecule has 1 unspecified atom stereocenters. The van der Waals surface area contributed by atoms with Gasteiger partial charge < -0.3 is 27.9 Å². The topological polar surface area (TPSA) is 111 Å². The van der Waals surface area contributed by atoms with E-state index in [-0.39, 0.29) is 32.0 Å². The molecule has 0 spiro atoms. The van der Waals surface area contributed by atoms with Gasteiger partial charge in [-0.05, 0) is 38.5 Å². The van der Waals surface area contributed by atoms with Crippen molar-refractivity contribution in [2.75, 3.05) is 47.5 Å². The number of rotatable bonds is 42. The monoisotopic (exact) mass is 802 g/mol. The van der Waals surface area contributed by atoms with Gasteiger partial charge in [-0.25, -0.2) is 0 Å². The summed E-state index contributed by atoms with van der Waals surface area (Å²) in [5, 5.41) is 0. The molecule has 0 radical (unpaired) electrons. The summed E-state index contributed by atoms with van der Waals surface area (Å²) in [7, 11) is 1.17. The zero-order valence-corrected chi connectivity index (χ0v) is 37.5. The molecule has 0 saturated heterocycles. The van der Waals surface area contributed by atoms with Crippen molar-refractivity contribution in [3.05, 3.63) is 12.2 Å². The van der Waals surface area contributed by atoms with E-state index in [1.165, 1.54) is 128 Å². The predicted molar refractivity (Wildman–Crippen MR) is 227 cm³/mol. The lowest BCUT2D eigenvalue weighted by Crippen LogP contribution is -2.37. The van der Waals surface area contributed by atoms with Gasteiger partial charge >= 0.3 is 11.9 Å². The van der Waals surface area contributed by atoms with Crippen LogP contribution in [0.5, 0.6) is 0 Å². The van der Waals surface area contributed by atoms with Crippen molar-refractivity contribution < 1.29 is 42.1 Å². The van der Waals surface area contributed by atoms with Crippen molar-refractivity contribution in [2.45, 2.75) is 219 Å². The van der Waals surface area contributed by atoms with E-state index in [2.05, 4.69) is 26.0 Å². The van der Waals surface area contributed by atoms with Gasteiger partial charge in [0, 0.05) is 12.8 Å². The molecule has 0 aliphatic rings. The predicted octanol–water partition coefficient (Wildman–Crippen LogP) is 12.3. The molecule has 0 aromatic carbocycles. The van der Waals surface area contributed by atoms with Gasteiger partial charge in [0.2, 0.25) is 0 Å². The fourth-order valence-electron chi connectivity index (χ4n) is 6.41. The van der Waals surface area contributed by atoms with Crippen molar-refractivity contribution in [1.82, 2.24) is 0 Å². The average molecular weight is 802 g/mol. The molecule has 0 aromatic rings. The highest BCUT2D eigenvalue weighted by Crippen LogP contribution is 2.38. The standard InChI is InChI=1S/C45H88NO8P/c1-6-8-10-12-14-16-18-20-22-23-24-26-27-29-31-33-35-37-44(47)51-41-43(42-53-55(49,50)52-40-39-46(3,4)5)54-45(48)38-36-34-32-30-28-25-21-19-17-15-13-11-9-7-2/h19,21,43H,6-18,20,22-42H2,1-5H3/b21-19-/t43-/m1/s1. The van der Waals surface area contributed by atoms with Crippen molar-refractivity contribution in [1.29, 1.82) is 0 Å². The minimum Gasteiger partial charge on any atom is -0.756 e. The third-order valence-electron chi connectivity index (χ3n) is 10.0. The normalized spacial score (nSPS) is 13.6. The molecule has 0 bridgehead atoms. The Bertz CT molecular complexity index is 954. The van der Waals surface area contributed by atoms with Crippen LogP contribution in [0.4, 0.5) is 0 Å². The summed E-state index contributed by atoms with van der Waals surface area (Å²) < 4.78 is 33.9. The highest BCUT2D eigenvalue weighted by molar-refractivity contribution is 7.45. The molecule has 2 atom stereocenters. The van der Waals surface area contributed by atoms with Crippen LogP contribution in [0.3, 0.4) is 0 Å². The largest absolute Gasteiger partial charge is 0.756 e. The quantitative estimate of drug-likeness (QED) is 0.0197. The lowest BCUT2D eigenvalue weighted by atomic mass is 10.0. The van der Waals surface area contributed by atoms with Gasteiger partial charge in [0.25, 0.3) is 7.82 Å². The summed E-state index contributed by atoms with van der Waals surface area (Å²) in [5.41, 5.74) is 0. The number of allylic oxidation sites excluding steroid dienone is 2. The van der Waals surface area contributed by atoms with Crippen molar-refractivity contribution in [3.63, 3.8) is 0 Å². The number of hydrogen-bond acceptors (Lipinski definition) is 8. The molecule has 9 nitrogen and oxygen atoms in total. The van der Waals surface area contributed by atoms with Crippen LogP contribution < -0.4 is 4.89 Å². The van der Waals surface area contributed by atoms with E-state index in [0.29, 0.717) is 17.4 Å². The first-order chi connectivity index (χ1) is 26.5. The number of unbranched alkanes of at least 4 members (excludes halogenated alkanes) is 26. The summed E-state index contributed by atoms with van der Waals surface area (Å²) >= 11 is 0. The Balaban J connectivity index is 4.30. The molecule has 0 aliphatic heterocycles. The summed E-state index contributed by atoms with van der Waals surface area (Å²) in [6, 6.07) is 0. The fourth-order valence-corrected chi connectivity index (χ4v) is 7.14. The van der Waals surface area contributed by atoms with Crippen LogP contribution in [-0.2, 0) is 32.7 Å². The lowest BCUT2D eigenvalue weighted by Gasteiger charge is -2.28. The van der Waals surface area contributed by atoms with E-state index in [1.807, 2.05) is 21.1 Å².